The molecule has 99 valence electrons. The fourth-order valence-corrected chi connectivity index (χ4v) is 0. The van der Waals surface area contributed by atoms with Crippen LogP contribution in [0.1, 0.15) is 0 Å². The first-order chi connectivity index (χ1) is 6.00. The van der Waals surface area contributed by atoms with Gasteiger partial charge in [-0.2, -0.15) is 0 Å². The largest absolute Gasteiger partial charge is 0.466 e. The third-order valence-electron chi connectivity index (χ3n) is 0. The van der Waals surface area contributed by atoms with Gasteiger partial charge < -0.3 is 44.0 Å². The van der Waals surface area contributed by atoms with E-state index in [0.717, 1.165) is 0 Å². The topological polar surface area (TPSA) is 233 Å². The minimum absolute atomic E-state index is 0. The maximum absolute atomic E-state index is 8.88. The van der Waals surface area contributed by atoms with Gasteiger partial charge >= 0.3 is 23.5 Å². The maximum Gasteiger partial charge on any atom is 0.466 e. The van der Waals surface area contributed by atoms with Gasteiger partial charge in [-0.1, -0.05) is 0 Å². The number of hydrogen-bond donors (Lipinski definition) is 9. The fourth-order valence-electron chi connectivity index (χ4n) is 0. The van der Waals surface area contributed by atoms with Crippen molar-refractivity contribution in [1.82, 2.24) is 0 Å². The Bertz CT molecular complexity index is 202. The van der Waals surface area contributed by atoms with Gasteiger partial charge in [-0.15, -0.1) is 0 Å². The highest BCUT2D eigenvalue weighted by atomic mass is 31.2. The lowest BCUT2D eigenvalue weighted by Crippen LogP contribution is -1.66. The van der Waals surface area contributed by atoms with Gasteiger partial charge in [-0.3, -0.25) is 0 Å². The molecule has 0 aromatic heterocycles. The summed E-state index contributed by atoms with van der Waals surface area (Å²) in [6, 6.07) is 0. The molecular weight excluding hydrogens is 312 g/mol. The average molecular weight is 321 g/mol. The van der Waals surface area contributed by atoms with Crippen LogP contribution < -0.4 is 0 Å². The molecule has 0 heterocycles. The Morgan fingerprint density at radius 3 is 0.438 bits per heavy atom. The molecule has 0 unspecified atom stereocenters. The van der Waals surface area contributed by atoms with Crippen molar-refractivity contribution in [2.45, 2.75) is 0 Å². The Balaban J connectivity index is -0.0000000655. The van der Waals surface area contributed by atoms with Crippen LogP contribution in [0.2, 0.25) is 0 Å². The second-order valence-corrected chi connectivity index (χ2v) is 4.62. The maximum atomic E-state index is 8.88. The summed E-state index contributed by atoms with van der Waals surface area (Å²) in [4.78, 5) is 64.7. The molecule has 0 atom stereocenters. The summed E-state index contributed by atoms with van der Waals surface area (Å²) >= 11 is 0. The molecule has 16 heteroatoms. The summed E-state index contributed by atoms with van der Waals surface area (Å²) in [5, 5.41) is 0. The second-order valence-electron chi connectivity index (χ2n) is 1.54. The van der Waals surface area contributed by atoms with E-state index in [-0.39, 0.29) is 17.4 Å². The molecule has 0 amide bonds. The van der Waals surface area contributed by atoms with E-state index in [4.69, 9.17) is 57.7 Å². The van der Waals surface area contributed by atoms with Crippen molar-refractivity contribution in [3.05, 3.63) is 0 Å². The van der Waals surface area contributed by atoms with E-state index in [0.29, 0.717) is 0 Å². The lowest BCUT2D eigenvalue weighted by atomic mass is 15.8. The van der Waals surface area contributed by atoms with Gasteiger partial charge in [0.25, 0.3) is 0 Å². The van der Waals surface area contributed by atoms with Crippen molar-refractivity contribution in [2.24, 2.45) is 0 Å². The molecule has 0 bridgehead atoms. The number of phosphoric acid groups is 3. The van der Waals surface area contributed by atoms with E-state index in [9.17, 15) is 0 Å². The van der Waals surface area contributed by atoms with Crippen LogP contribution in [0.3, 0.4) is 0 Å². The van der Waals surface area contributed by atoms with Crippen LogP contribution in [0.4, 0.5) is 0 Å². The van der Waals surface area contributed by atoms with Crippen LogP contribution in [-0.4, -0.2) is 61.4 Å². The molecule has 0 aliphatic carbocycles. The smallest absolute Gasteiger partial charge is 0.303 e. The monoisotopic (exact) mass is 321 g/mol. The molecule has 12 nitrogen and oxygen atoms in total. The van der Waals surface area contributed by atoms with Crippen molar-refractivity contribution < 1.29 is 57.7 Å². The molecule has 0 fully saturated rings. The summed E-state index contributed by atoms with van der Waals surface area (Å²) in [7, 11) is -13.9. The van der Waals surface area contributed by atoms with Gasteiger partial charge in [0.1, 0.15) is 0 Å². The molecule has 0 saturated carbocycles. The van der Waals surface area contributed by atoms with E-state index >= 15 is 0 Å². The van der Waals surface area contributed by atoms with Gasteiger partial charge in [-0.05, 0) is 0 Å². The van der Waals surface area contributed by atoms with Crippen molar-refractivity contribution >= 4 is 40.8 Å². The van der Waals surface area contributed by atoms with Gasteiger partial charge in [0.2, 0.25) is 0 Å². The average Bonchev–Trinajstić information content (AvgIpc) is 1.41. The Hall–Kier alpha value is 0.862. The van der Waals surface area contributed by atoms with E-state index in [1.807, 2.05) is 0 Å². The lowest BCUT2D eigenvalue weighted by Gasteiger charge is -1.82. The third-order valence-corrected chi connectivity index (χ3v) is 0. The first-order valence-electron chi connectivity index (χ1n) is 2.35. The molecule has 0 aromatic carbocycles. The van der Waals surface area contributed by atoms with E-state index in [2.05, 4.69) is 0 Å². The minimum Gasteiger partial charge on any atom is -0.303 e. The zero-order valence-electron chi connectivity index (χ0n) is 7.17. The highest BCUT2D eigenvalue weighted by Gasteiger charge is 2.01. The van der Waals surface area contributed by atoms with Crippen LogP contribution in [0.25, 0.3) is 0 Å². The molecule has 0 spiro atoms. The Kier molecular flexibility index (Phi) is 15.8. The van der Waals surface area contributed by atoms with Crippen LogP contribution in [0, 0.1) is 0 Å². The fraction of sp³-hybridized carbons (Fsp3) is 0. The van der Waals surface area contributed by atoms with Crippen molar-refractivity contribution in [1.29, 1.82) is 0 Å². The zero-order valence-corrected chi connectivity index (χ0v) is 11.0. The third kappa shape index (κ3) is 3840. The number of rotatable bonds is 0. The molecule has 16 heavy (non-hydrogen) atoms. The molecule has 3 radical (unpaired) electrons. The SMILES string of the molecule is O=P(O)(O)O.O=P(O)(O)O.O=P(O)(O)O.[Al]. The van der Waals surface area contributed by atoms with Crippen LogP contribution in [0.15, 0.2) is 0 Å². The van der Waals surface area contributed by atoms with Crippen LogP contribution in [-0.2, 0) is 13.7 Å². The van der Waals surface area contributed by atoms with Crippen LogP contribution >= 0.6 is 23.5 Å². The van der Waals surface area contributed by atoms with Gasteiger partial charge in [-0.25, -0.2) is 13.7 Å². The van der Waals surface area contributed by atoms with Gasteiger partial charge in [0, 0.05) is 17.4 Å². The zero-order chi connectivity index (χ0) is 13.5. The highest BCUT2D eigenvalue weighted by Crippen LogP contribution is 2.26. The molecule has 0 aliphatic rings. The molecular formula is H9AlO12P3. The minimum atomic E-state index is -4.64. The quantitative estimate of drug-likeness (QED) is 0.159. The second kappa shape index (κ2) is 9.85. The highest BCUT2D eigenvalue weighted by molar-refractivity contribution is 7.45. The van der Waals surface area contributed by atoms with Crippen LogP contribution in [0.5, 0.6) is 0 Å². The lowest BCUT2D eigenvalue weighted by molar-refractivity contribution is 0.272. The predicted molar refractivity (Wildman–Crippen MR) is 48.5 cm³/mol. The van der Waals surface area contributed by atoms with E-state index in [1.165, 1.54) is 0 Å². The Morgan fingerprint density at radius 2 is 0.438 bits per heavy atom. The predicted octanol–water partition coefficient (Wildman–Crippen LogP) is -3.17. The Morgan fingerprint density at radius 1 is 0.438 bits per heavy atom. The van der Waals surface area contributed by atoms with Crippen molar-refractivity contribution in [3.8, 4) is 0 Å². The first kappa shape index (κ1) is 25.6. The molecule has 0 saturated heterocycles. The summed E-state index contributed by atoms with van der Waals surface area (Å²) < 4.78 is 26.6. The van der Waals surface area contributed by atoms with Crippen molar-refractivity contribution in [2.75, 3.05) is 0 Å². The Labute approximate surface area is 99.1 Å². The summed E-state index contributed by atoms with van der Waals surface area (Å²) in [5.74, 6) is 0. The summed E-state index contributed by atoms with van der Waals surface area (Å²) in [6.45, 7) is 0. The molecule has 0 rings (SSSR count). The normalized spacial score (nSPS) is 11.1. The van der Waals surface area contributed by atoms with E-state index < -0.39 is 23.5 Å². The van der Waals surface area contributed by atoms with Gasteiger partial charge in [0.05, 0.1) is 0 Å². The van der Waals surface area contributed by atoms with E-state index in [1.54, 1.807) is 0 Å². The molecule has 0 aromatic rings. The van der Waals surface area contributed by atoms with Crippen molar-refractivity contribution in [3.63, 3.8) is 0 Å². The summed E-state index contributed by atoms with van der Waals surface area (Å²) in [6.07, 6.45) is 0. The molecule has 9 N–H and O–H groups in total. The first-order valence-corrected chi connectivity index (χ1v) is 7.04. The summed E-state index contributed by atoms with van der Waals surface area (Å²) in [5.41, 5.74) is 0. The number of hydrogen-bond acceptors (Lipinski definition) is 3. The standard InChI is InChI=1S/Al.3H3O4P/c;3*1-5(2,3)4/h;3*(H3,1,2,3,4). The van der Waals surface area contributed by atoms with Gasteiger partial charge in [0.15, 0.2) is 0 Å². The molecule has 0 aliphatic heterocycles.